The van der Waals surface area contributed by atoms with E-state index in [1.807, 2.05) is 6.26 Å². The Kier molecular flexibility index (Phi) is 7.74. The summed E-state index contributed by atoms with van der Waals surface area (Å²) in [6.07, 6.45) is 3.14. The SMILES string of the molecule is CSCCCNS(=O)(=O)CCCO. The standard InChI is InChI=1S/C7H17NO3S2/c1-12-6-2-4-8-13(10,11)7-3-5-9/h8-9H,2-7H2,1H3. The lowest BCUT2D eigenvalue weighted by Crippen LogP contribution is -2.28. The molecule has 4 nitrogen and oxygen atoms in total. The molecule has 2 N–H and O–H groups in total. The van der Waals surface area contributed by atoms with Crippen molar-refractivity contribution in [3.8, 4) is 0 Å². The predicted molar refractivity (Wildman–Crippen MR) is 56.5 cm³/mol. The third-order valence-corrected chi connectivity index (χ3v) is 3.59. The van der Waals surface area contributed by atoms with Crippen molar-refractivity contribution in [2.75, 3.05) is 30.9 Å². The van der Waals surface area contributed by atoms with E-state index < -0.39 is 10.0 Å². The van der Waals surface area contributed by atoms with Gasteiger partial charge < -0.3 is 5.11 Å². The van der Waals surface area contributed by atoms with Gasteiger partial charge in [-0.2, -0.15) is 11.8 Å². The molecular weight excluding hydrogens is 210 g/mol. The Labute approximate surface area is 84.2 Å². The first-order chi connectivity index (χ1) is 6.12. The minimum Gasteiger partial charge on any atom is -0.396 e. The van der Waals surface area contributed by atoms with Crippen LogP contribution >= 0.6 is 11.8 Å². The lowest BCUT2D eigenvalue weighted by atomic mass is 10.5. The van der Waals surface area contributed by atoms with E-state index in [9.17, 15) is 8.42 Å². The van der Waals surface area contributed by atoms with Gasteiger partial charge in [0.1, 0.15) is 0 Å². The number of nitrogens with one attached hydrogen (secondary N) is 1. The molecule has 0 spiro atoms. The van der Waals surface area contributed by atoms with Crippen LogP contribution in [0.4, 0.5) is 0 Å². The molecule has 0 amide bonds. The summed E-state index contributed by atoms with van der Waals surface area (Å²) in [5.74, 6) is 0.977. The second kappa shape index (κ2) is 7.61. The van der Waals surface area contributed by atoms with Crippen LogP contribution in [0, 0.1) is 0 Å². The fraction of sp³-hybridized carbons (Fsp3) is 1.00. The highest BCUT2D eigenvalue weighted by molar-refractivity contribution is 7.98. The van der Waals surface area contributed by atoms with Crippen LogP contribution in [-0.2, 0) is 10.0 Å². The molecule has 0 aliphatic heterocycles. The highest BCUT2D eigenvalue weighted by atomic mass is 32.2. The Balaban J connectivity index is 3.52. The molecule has 80 valence electrons. The van der Waals surface area contributed by atoms with Crippen LogP contribution in [0.5, 0.6) is 0 Å². The van der Waals surface area contributed by atoms with E-state index >= 15 is 0 Å². The number of thioether (sulfide) groups is 1. The molecule has 13 heavy (non-hydrogen) atoms. The minimum atomic E-state index is -3.14. The third kappa shape index (κ3) is 8.55. The molecule has 0 heterocycles. The molecule has 0 aliphatic rings. The summed E-state index contributed by atoms with van der Waals surface area (Å²) in [4.78, 5) is 0. The van der Waals surface area contributed by atoms with Crippen molar-refractivity contribution in [2.45, 2.75) is 12.8 Å². The van der Waals surface area contributed by atoms with Gasteiger partial charge in [-0.3, -0.25) is 0 Å². The Morgan fingerprint density at radius 3 is 2.62 bits per heavy atom. The van der Waals surface area contributed by atoms with Crippen LogP contribution in [0.1, 0.15) is 12.8 Å². The number of hydrogen-bond donors (Lipinski definition) is 2. The van der Waals surface area contributed by atoms with Crippen LogP contribution in [0.2, 0.25) is 0 Å². The van der Waals surface area contributed by atoms with E-state index in [1.54, 1.807) is 11.8 Å². The minimum absolute atomic E-state index is 0.0166. The summed E-state index contributed by atoms with van der Waals surface area (Å²) in [7, 11) is -3.14. The van der Waals surface area contributed by atoms with Crippen LogP contribution in [0.15, 0.2) is 0 Å². The molecule has 6 heteroatoms. The van der Waals surface area contributed by atoms with Crippen LogP contribution in [-0.4, -0.2) is 44.4 Å². The topological polar surface area (TPSA) is 66.4 Å². The first-order valence-corrected chi connectivity index (χ1v) is 7.24. The van der Waals surface area contributed by atoms with Gasteiger partial charge in [-0.1, -0.05) is 0 Å². The lowest BCUT2D eigenvalue weighted by molar-refractivity contribution is 0.295. The molecule has 0 radical (unpaired) electrons. The highest BCUT2D eigenvalue weighted by Crippen LogP contribution is 1.95. The molecule has 0 saturated carbocycles. The molecular formula is C7H17NO3S2. The van der Waals surface area contributed by atoms with Crippen molar-refractivity contribution >= 4 is 21.8 Å². The van der Waals surface area contributed by atoms with Crippen molar-refractivity contribution in [3.63, 3.8) is 0 Å². The quantitative estimate of drug-likeness (QED) is 0.575. The molecule has 0 saturated heterocycles. The normalized spacial score (nSPS) is 11.8. The summed E-state index contributed by atoms with van der Waals surface area (Å²) in [5, 5.41) is 8.44. The first kappa shape index (κ1) is 13.2. The average molecular weight is 227 g/mol. The molecule has 0 rings (SSSR count). The van der Waals surface area contributed by atoms with Gasteiger partial charge in [-0.25, -0.2) is 13.1 Å². The highest BCUT2D eigenvalue weighted by Gasteiger charge is 2.07. The molecule has 0 unspecified atom stereocenters. The van der Waals surface area contributed by atoms with Crippen LogP contribution in [0.3, 0.4) is 0 Å². The Morgan fingerprint density at radius 1 is 1.38 bits per heavy atom. The van der Waals surface area contributed by atoms with Gasteiger partial charge in [-0.15, -0.1) is 0 Å². The van der Waals surface area contributed by atoms with E-state index in [2.05, 4.69) is 4.72 Å². The summed E-state index contributed by atoms with van der Waals surface area (Å²) < 4.78 is 24.7. The van der Waals surface area contributed by atoms with E-state index in [4.69, 9.17) is 5.11 Å². The molecule has 0 bridgehead atoms. The van der Waals surface area contributed by atoms with Gasteiger partial charge in [0.05, 0.1) is 5.75 Å². The van der Waals surface area contributed by atoms with Gasteiger partial charge in [0.15, 0.2) is 0 Å². The van der Waals surface area contributed by atoms with Crippen molar-refractivity contribution in [2.24, 2.45) is 0 Å². The molecule has 0 fully saturated rings. The molecule has 0 atom stereocenters. The van der Waals surface area contributed by atoms with Gasteiger partial charge >= 0.3 is 0 Å². The molecule has 0 aromatic carbocycles. The lowest BCUT2D eigenvalue weighted by Gasteiger charge is -2.04. The second-order valence-electron chi connectivity index (χ2n) is 2.64. The number of rotatable bonds is 8. The van der Waals surface area contributed by atoms with Gasteiger partial charge in [0.2, 0.25) is 10.0 Å². The Hall–Kier alpha value is 0.220. The summed E-state index contributed by atoms with van der Waals surface area (Å²) >= 11 is 1.70. The van der Waals surface area contributed by atoms with Gasteiger partial charge in [0.25, 0.3) is 0 Å². The smallest absolute Gasteiger partial charge is 0.211 e. The maximum Gasteiger partial charge on any atom is 0.211 e. The summed E-state index contributed by atoms with van der Waals surface area (Å²) in [6.45, 7) is 0.417. The zero-order chi connectivity index (χ0) is 10.2. The number of hydrogen-bond acceptors (Lipinski definition) is 4. The largest absolute Gasteiger partial charge is 0.396 e. The zero-order valence-corrected chi connectivity index (χ0v) is 9.46. The number of aliphatic hydroxyl groups is 1. The van der Waals surface area contributed by atoms with Crippen LogP contribution in [0.25, 0.3) is 0 Å². The number of aliphatic hydroxyl groups excluding tert-OH is 1. The predicted octanol–water partition coefficient (Wildman–Crippen LogP) is 0.0413. The maximum absolute atomic E-state index is 11.1. The van der Waals surface area contributed by atoms with E-state index in [0.29, 0.717) is 13.0 Å². The number of sulfonamides is 1. The van der Waals surface area contributed by atoms with Crippen molar-refractivity contribution < 1.29 is 13.5 Å². The zero-order valence-electron chi connectivity index (χ0n) is 7.82. The Bertz CT molecular complexity index is 204. The van der Waals surface area contributed by atoms with Gasteiger partial charge in [0, 0.05) is 13.2 Å². The van der Waals surface area contributed by atoms with Crippen LogP contribution < -0.4 is 4.72 Å². The summed E-state index contributed by atoms with van der Waals surface area (Å²) in [6, 6.07) is 0. The van der Waals surface area contributed by atoms with Crippen molar-refractivity contribution in [1.29, 1.82) is 0 Å². The van der Waals surface area contributed by atoms with E-state index in [-0.39, 0.29) is 12.4 Å². The fourth-order valence-corrected chi connectivity index (χ4v) is 2.31. The van der Waals surface area contributed by atoms with E-state index in [0.717, 1.165) is 12.2 Å². The van der Waals surface area contributed by atoms with E-state index in [1.165, 1.54) is 0 Å². The second-order valence-corrected chi connectivity index (χ2v) is 5.55. The third-order valence-electron chi connectivity index (χ3n) is 1.42. The molecule has 0 aromatic heterocycles. The monoisotopic (exact) mass is 227 g/mol. The molecule has 0 aliphatic carbocycles. The van der Waals surface area contributed by atoms with Gasteiger partial charge in [-0.05, 0) is 24.9 Å². The first-order valence-electron chi connectivity index (χ1n) is 4.19. The van der Waals surface area contributed by atoms with Crippen molar-refractivity contribution in [3.05, 3.63) is 0 Å². The summed E-state index contributed by atoms with van der Waals surface area (Å²) in [5.41, 5.74) is 0. The average Bonchev–Trinajstić information content (AvgIpc) is 2.09. The fourth-order valence-electron chi connectivity index (χ4n) is 0.771. The van der Waals surface area contributed by atoms with Crippen molar-refractivity contribution in [1.82, 2.24) is 4.72 Å². The Morgan fingerprint density at radius 2 is 2.08 bits per heavy atom. The molecule has 0 aromatic rings. The maximum atomic E-state index is 11.1.